The van der Waals surface area contributed by atoms with Gasteiger partial charge in [-0.05, 0) is 59.2 Å². The highest BCUT2D eigenvalue weighted by Gasteiger charge is 2.33. The molecule has 184 valence electrons. The molecule has 2 heterocycles. The average Bonchev–Trinajstić information content (AvgIpc) is 3.35. The summed E-state index contributed by atoms with van der Waals surface area (Å²) in [6, 6.07) is 25.3. The fourth-order valence-electron chi connectivity index (χ4n) is 4.77. The lowest BCUT2D eigenvalue weighted by Crippen LogP contribution is -2.41. The topological polar surface area (TPSA) is 65.0 Å². The Labute approximate surface area is 210 Å². The Morgan fingerprint density at radius 1 is 0.889 bits per heavy atom. The molecule has 7 nitrogen and oxygen atoms in total. The second-order valence-corrected chi connectivity index (χ2v) is 8.59. The van der Waals surface area contributed by atoms with Gasteiger partial charge in [0.1, 0.15) is 5.75 Å². The Morgan fingerprint density at radius 3 is 2.53 bits per heavy atom. The van der Waals surface area contributed by atoms with Crippen molar-refractivity contribution in [1.29, 1.82) is 0 Å². The highest BCUT2D eigenvalue weighted by Crippen LogP contribution is 2.39. The molecule has 1 aromatic heterocycles. The van der Waals surface area contributed by atoms with Crippen molar-refractivity contribution in [3.63, 3.8) is 0 Å². The van der Waals surface area contributed by atoms with Crippen LogP contribution >= 0.6 is 0 Å². The molecule has 1 aliphatic rings. The van der Waals surface area contributed by atoms with Crippen LogP contribution in [-0.2, 0) is 13.1 Å². The van der Waals surface area contributed by atoms with E-state index in [4.69, 9.17) is 14.2 Å². The first-order valence-corrected chi connectivity index (χ1v) is 11.8. The van der Waals surface area contributed by atoms with Crippen molar-refractivity contribution in [2.75, 3.05) is 21.3 Å². The van der Waals surface area contributed by atoms with Gasteiger partial charge in [0.2, 0.25) is 0 Å². The van der Waals surface area contributed by atoms with Crippen molar-refractivity contribution >= 4 is 6.03 Å². The van der Waals surface area contributed by atoms with Crippen LogP contribution in [0.3, 0.4) is 0 Å². The summed E-state index contributed by atoms with van der Waals surface area (Å²) in [5.41, 5.74) is 5.00. The first-order valence-electron chi connectivity index (χ1n) is 11.8. The largest absolute Gasteiger partial charge is 0.497 e. The number of hydrogen-bond donors (Lipinski definition) is 1. The van der Waals surface area contributed by atoms with Crippen molar-refractivity contribution in [2.24, 2.45) is 0 Å². The molecule has 36 heavy (non-hydrogen) atoms. The maximum Gasteiger partial charge on any atom is 0.318 e. The molecular weight excluding hydrogens is 454 g/mol. The molecule has 0 fully saturated rings. The van der Waals surface area contributed by atoms with E-state index >= 15 is 0 Å². The minimum absolute atomic E-state index is 0.165. The quantitative estimate of drug-likeness (QED) is 0.403. The summed E-state index contributed by atoms with van der Waals surface area (Å²) in [5, 5.41) is 3.12. The molecule has 0 saturated carbocycles. The first-order chi connectivity index (χ1) is 17.6. The molecule has 1 atom stereocenters. The molecule has 0 aliphatic carbocycles. The number of carbonyl (C=O) groups excluding carboxylic acids is 1. The molecule has 0 bridgehead atoms. The zero-order valence-corrected chi connectivity index (χ0v) is 20.6. The summed E-state index contributed by atoms with van der Waals surface area (Å²) in [4.78, 5) is 15.7. The van der Waals surface area contributed by atoms with E-state index in [1.165, 1.54) is 0 Å². The zero-order chi connectivity index (χ0) is 25.1. The van der Waals surface area contributed by atoms with Crippen LogP contribution in [0.15, 0.2) is 85.1 Å². The number of nitrogens with zero attached hydrogens (tertiary/aromatic N) is 2. The van der Waals surface area contributed by atoms with Gasteiger partial charge in [-0.2, -0.15) is 0 Å². The number of carbonyl (C=O) groups is 1. The highest BCUT2D eigenvalue weighted by atomic mass is 16.5. The van der Waals surface area contributed by atoms with E-state index in [0.29, 0.717) is 24.6 Å². The molecule has 0 radical (unpaired) electrons. The standard InChI is InChI=1S/C29H29N3O4/c1-34-23-10-6-8-20(16-23)18-30-29(33)32-19-22-9-4-5-11-24(22)31-15-7-12-25(31)28(32)21-13-14-26(35-2)27(17-21)36-3/h4-17,28H,18-19H2,1-3H3,(H,30,33)/t28-/m0/s1. The van der Waals surface area contributed by atoms with Gasteiger partial charge in [0.25, 0.3) is 0 Å². The van der Waals surface area contributed by atoms with Crippen LogP contribution in [-0.4, -0.2) is 36.8 Å². The van der Waals surface area contributed by atoms with Crippen LogP contribution in [0.25, 0.3) is 5.69 Å². The van der Waals surface area contributed by atoms with Gasteiger partial charge < -0.3 is 29.0 Å². The van der Waals surface area contributed by atoms with E-state index in [0.717, 1.165) is 33.8 Å². The maximum absolute atomic E-state index is 13.8. The summed E-state index contributed by atoms with van der Waals surface area (Å²) < 4.78 is 18.5. The molecular formula is C29H29N3O4. The number of urea groups is 1. The van der Waals surface area contributed by atoms with Crippen LogP contribution < -0.4 is 19.5 Å². The second-order valence-electron chi connectivity index (χ2n) is 8.59. The molecule has 0 saturated heterocycles. The summed E-state index contributed by atoms with van der Waals surface area (Å²) >= 11 is 0. The van der Waals surface area contributed by atoms with E-state index in [1.807, 2.05) is 71.8 Å². The van der Waals surface area contributed by atoms with Gasteiger partial charge in [-0.15, -0.1) is 0 Å². The third-order valence-corrected chi connectivity index (χ3v) is 6.53. The maximum atomic E-state index is 13.8. The molecule has 3 aromatic carbocycles. The molecule has 0 unspecified atom stereocenters. The molecule has 2 amide bonds. The highest BCUT2D eigenvalue weighted by molar-refractivity contribution is 5.76. The van der Waals surface area contributed by atoms with Crippen LogP contribution in [0.4, 0.5) is 4.79 Å². The van der Waals surface area contributed by atoms with Crippen LogP contribution in [0.5, 0.6) is 17.2 Å². The molecule has 5 rings (SSSR count). The molecule has 7 heteroatoms. The van der Waals surface area contributed by atoms with Gasteiger partial charge in [0, 0.05) is 18.4 Å². The van der Waals surface area contributed by atoms with Crippen LogP contribution in [0, 0.1) is 0 Å². The van der Waals surface area contributed by atoms with Gasteiger partial charge in [0.05, 0.1) is 39.6 Å². The van der Waals surface area contributed by atoms with Gasteiger partial charge >= 0.3 is 6.03 Å². The number of methoxy groups -OCH3 is 3. The Hall–Kier alpha value is -4.39. The van der Waals surface area contributed by atoms with Crippen molar-refractivity contribution in [3.05, 3.63) is 107 Å². The lowest BCUT2D eigenvalue weighted by atomic mass is 10.0. The Kier molecular flexibility index (Phi) is 6.54. The summed E-state index contributed by atoms with van der Waals surface area (Å²) in [6.45, 7) is 0.828. The van der Waals surface area contributed by atoms with E-state index in [9.17, 15) is 4.79 Å². The molecule has 1 N–H and O–H groups in total. The van der Waals surface area contributed by atoms with Crippen molar-refractivity contribution < 1.29 is 19.0 Å². The molecule has 1 aliphatic heterocycles. The summed E-state index contributed by atoms with van der Waals surface area (Å²) in [6.07, 6.45) is 2.04. The minimum atomic E-state index is -0.350. The van der Waals surface area contributed by atoms with E-state index in [2.05, 4.69) is 28.1 Å². The number of fused-ring (bicyclic) bond motifs is 3. The van der Waals surface area contributed by atoms with Crippen molar-refractivity contribution in [3.8, 4) is 22.9 Å². The fraction of sp³-hybridized carbons (Fsp3) is 0.207. The predicted octanol–water partition coefficient (Wildman–Crippen LogP) is 5.32. The van der Waals surface area contributed by atoms with E-state index in [1.54, 1.807) is 21.3 Å². The second kappa shape index (κ2) is 10.1. The number of para-hydroxylation sites is 1. The Bertz CT molecular complexity index is 1380. The number of hydrogen-bond acceptors (Lipinski definition) is 4. The lowest BCUT2D eigenvalue weighted by Gasteiger charge is -2.31. The molecule has 4 aromatic rings. The first kappa shape index (κ1) is 23.4. The predicted molar refractivity (Wildman–Crippen MR) is 138 cm³/mol. The third kappa shape index (κ3) is 4.35. The summed E-state index contributed by atoms with van der Waals surface area (Å²) in [7, 11) is 4.87. The minimum Gasteiger partial charge on any atom is -0.497 e. The number of benzene rings is 3. The zero-order valence-electron chi connectivity index (χ0n) is 20.6. The lowest BCUT2D eigenvalue weighted by molar-refractivity contribution is 0.180. The number of nitrogens with one attached hydrogen (secondary N) is 1. The van der Waals surface area contributed by atoms with Gasteiger partial charge in [0.15, 0.2) is 11.5 Å². The van der Waals surface area contributed by atoms with Crippen LogP contribution in [0.1, 0.15) is 28.4 Å². The van der Waals surface area contributed by atoms with Gasteiger partial charge in [-0.1, -0.05) is 36.4 Å². The van der Waals surface area contributed by atoms with Crippen molar-refractivity contribution in [2.45, 2.75) is 19.1 Å². The van der Waals surface area contributed by atoms with E-state index in [-0.39, 0.29) is 12.1 Å². The Balaban J connectivity index is 1.56. The van der Waals surface area contributed by atoms with Gasteiger partial charge in [-0.25, -0.2) is 4.79 Å². The number of aromatic nitrogens is 1. The molecule has 0 spiro atoms. The summed E-state index contributed by atoms with van der Waals surface area (Å²) in [5.74, 6) is 2.01. The Morgan fingerprint density at radius 2 is 1.72 bits per heavy atom. The SMILES string of the molecule is COc1cccc(CNC(=O)N2Cc3ccccc3-n3cccc3[C@@H]2c2ccc(OC)c(OC)c2)c1. The smallest absolute Gasteiger partial charge is 0.318 e. The van der Waals surface area contributed by atoms with Crippen LogP contribution in [0.2, 0.25) is 0 Å². The normalized spacial score (nSPS) is 14.3. The monoisotopic (exact) mass is 483 g/mol. The third-order valence-electron chi connectivity index (χ3n) is 6.53. The van der Waals surface area contributed by atoms with Gasteiger partial charge in [-0.3, -0.25) is 0 Å². The number of rotatable bonds is 6. The number of ether oxygens (including phenoxy) is 3. The fourth-order valence-corrected chi connectivity index (χ4v) is 4.77. The van der Waals surface area contributed by atoms with Crippen molar-refractivity contribution in [1.82, 2.24) is 14.8 Å². The number of amides is 2. The van der Waals surface area contributed by atoms with E-state index < -0.39 is 0 Å². The average molecular weight is 484 g/mol.